The fourth-order valence-corrected chi connectivity index (χ4v) is 2.86. The summed E-state index contributed by atoms with van der Waals surface area (Å²) >= 11 is 1.32. The van der Waals surface area contributed by atoms with E-state index in [9.17, 15) is 9.59 Å². The summed E-state index contributed by atoms with van der Waals surface area (Å²) in [5, 5.41) is 6.45. The van der Waals surface area contributed by atoms with Crippen LogP contribution in [0.4, 0.5) is 4.79 Å². The summed E-state index contributed by atoms with van der Waals surface area (Å²) in [6.45, 7) is 9.77. The van der Waals surface area contributed by atoms with E-state index in [0.717, 1.165) is 25.7 Å². The van der Waals surface area contributed by atoms with E-state index >= 15 is 0 Å². The summed E-state index contributed by atoms with van der Waals surface area (Å²) in [7, 11) is 0. The van der Waals surface area contributed by atoms with E-state index in [1.807, 2.05) is 46.8 Å². The number of thioether (sulfide) groups is 1. The molecule has 0 aromatic carbocycles. The largest absolute Gasteiger partial charge is 0.349 e. The number of rotatable bonds is 3. The molecule has 1 rings (SSSR count). The minimum atomic E-state index is -0.377. The standard InChI is InChI=1S/C17H30N2O2S/c1-12(2)22-16(21)19-14-9-7-6-8-13(10-11-14)18-15(20)17(3,4)5/h10-14H,6-9H2,1-5H3,(H,18,20)(H,19,21)/b11-10+. The average molecular weight is 327 g/mol. The molecule has 2 atom stereocenters. The molecule has 1 aliphatic rings. The van der Waals surface area contributed by atoms with Crippen LogP contribution in [0.2, 0.25) is 0 Å². The highest BCUT2D eigenvalue weighted by Gasteiger charge is 2.23. The van der Waals surface area contributed by atoms with Crippen LogP contribution in [0.1, 0.15) is 60.3 Å². The van der Waals surface area contributed by atoms with E-state index < -0.39 is 0 Å². The predicted octanol–water partition coefficient (Wildman–Crippen LogP) is 3.87. The minimum Gasteiger partial charge on any atom is -0.349 e. The zero-order valence-corrected chi connectivity index (χ0v) is 15.3. The number of carbonyl (C=O) groups excluding carboxylic acids is 2. The third-order valence-corrected chi connectivity index (χ3v) is 4.30. The Kier molecular flexibility index (Phi) is 7.46. The maximum Gasteiger partial charge on any atom is 0.279 e. The third kappa shape index (κ3) is 7.34. The van der Waals surface area contributed by atoms with Gasteiger partial charge in [-0.1, -0.05) is 71.4 Å². The van der Waals surface area contributed by atoms with Gasteiger partial charge in [-0.15, -0.1) is 0 Å². The number of hydrogen-bond donors (Lipinski definition) is 2. The molecule has 0 aliphatic heterocycles. The van der Waals surface area contributed by atoms with Crippen LogP contribution in [-0.2, 0) is 4.79 Å². The number of hydrogen-bond acceptors (Lipinski definition) is 3. The van der Waals surface area contributed by atoms with Gasteiger partial charge in [-0.2, -0.15) is 0 Å². The first kappa shape index (κ1) is 19.1. The lowest BCUT2D eigenvalue weighted by Crippen LogP contribution is -2.41. The molecular weight excluding hydrogens is 296 g/mol. The van der Waals surface area contributed by atoms with Gasteiger partial charge < -0.3 is 10.6 Å². The van der Waals surface area contributed by atoms with Crippen LogP contribution in [0.3, 0.4) is 0 Å². The second kappa shape index (κ2) is 8.61. The van der Waals surface area contributed by atoms with Crippen molar-refractivity contribution in [1.29, 1.82) is 0 Å². The third-order valence-electron chi connectivity index (χ3n) is 3.50. The lowest BCUT2D eigenvalue weighted by Gasteiger charge is -2.25. The zero-order valence-electron chi connectivity index (χ0n) is 14.4. The smallest absolute Gasteiger partial charge is 0.279 e. The highest BCUT2D eigenvalue weighted by molar-refractivity contribution is 8.14. The summed E-state index contributed by atoms with van der Waals surface area (Å²) < 4.78 is 0. The van der Waals surface area contributed by atoms with Gasteiger partial charge in [-0.05, 0) is 12.8 Å². The van der Waals surface area contributed by atoms with E-state index in [1.165, 1.54) is 11.8 Å². The molecule has 4 nitrogen and oxygen atoms in total. The van der Waals surface area contributed by atoms with Gasteiger partial charge in [0.25, 0.3) is 5.24 Å². The van der Waals surface area contributed by atoms with Crippen LogP contribution >= 0.6 is 11.8 Å². The lowest BCUT2D eigenvalue weighted by molar-refractivity contribution is -0.129. The van der Waals surface area contributed by atoms with Crippen molar-refractivity contribution < 1.29 is 9.59 Å². The topological polar surface area (TPSA) is 58.2 Å². The fraction of sp³-hybridized carbons (Fsp3) is 0.765. The lowest BCUT2D eigenvalue weighted by atomic mass is 9.94. The zero-order chi connectivity index (χ0) is 16.8. The first-order valence-corrected chi connectivity index (χ1v) is 9.03. The monoisotopic (exact) mass is 326 g/mol. The van der Waals surface area contributed by atoms with Gasteiger partial charge in [0.2, 0.25) is 5.91 Å². The van der Waals surface area contributed by atoms with E-state index in [-0.39, 0.29) is 33.9 Å². The number of amides is 2. The maximum atomic E-state index is 12.1. The van der Waals surface area contributed by atoms with Gasteiger partial charge in [0.15, 0.2) is 0 Å². The molecular formula is C17H30N2O2S. The molecule has 0 fully saturated rings. The van der Waals surface area contributed by atoms with Crippen molar-refractivity contribution in [3.05, 3.63) is 12.2 Å². The molecule has 2 N–H and O–H groups in total. The van der Waals surface area contributed by atoms with Gasteiger partial charge in [0.1, 0.15) is 0 Å². The van der Waals surface area contributed by atoms with Gasteiger partial charge in [0.05, 0.1) is 0 Å². The minimum absolute atomic E-state index is 0.0282. The molecule has 0 saturated heterocycles. The van der Waals surface area contributed by atoms with Crippen molar-refractivity contribution in [2.45, 2.75) is 77.6 Å². The highest BCUT2D eigenvalue weighted by atomic mass is 32.2. The van der Waals surface area contributed by atoms with Gasteiger partial charge in [-0.25, -0.2) is 0 Å². The molecule has 126 valence electrons. The average Bonchev–Trinajstić information content (AvgIpc) is 2.34. The number of carbonyl (C=O) groups is 2. The Morgan fingerprint density at radius 2 is 1.55 bits per heavy atom. The Morgan fingerprint density at radius 1 is 1.05 bits per heavy atom. The van der Waals surface area contributed by atoms with E-state index in [2.05, 4.69) is 10.6 Å². The van der Waals surface area contributed by atoms with Crippen molar-refractivity contribution in [1.82, 2.24) is 10.6 Å². The summed E-state index contributed by atoms with van der Waals surface area (Å²) in [6.07, 6.45) is 8.10. The molecule has 2 amide bonds. The molecule has 5 heteroatoms. The van der Waals surface area contributed by atoms with Gasteiger partial charge in [0, 0.05) is 22.7 Å². The Labute approximate surface area is 138 Å². The molecule has 0 heterocycles. The molecule has 0 bridgehead atoms. The van der Waals surface area contributed by atoms with Gasteiger partial charge >= 0.3 is 0 Å². The second-order valence-corrected chi connectivity index (χ2v) is 8.75. The molecule has 0 radical (unpaired) electrons. The summed E-state index contributed by atoms with van der Waals surface area (Å²) in [5.41, 5.74) is -0.377. The first-order chi connectivity index (χ1) is 10.2. The molecule has 1 aliphatic carbocycles. The van der Waals surface area contributed by atoms with Crippen LogP contribution < -0.4 is 10.6 Å². The predicted molar refractivity (Wildman–Crippen MR) is 94.0 cm³/mol. The van der Waals surface area contributed by atoms with Crippen LogP contribution in [0, 0.1) is 5.41 Å². The van der Waals surface area contributed by atoms with Crippen LogP contribution in [-0.4, -0.2) is 28.5 Å². The first-order valence-electron chi connectivity index (χ1n) is 8.15. The van der Waals surface area contributed by atoms with Crippen molar-refractivity contribution >= 4 is 22.9 Å². The molecule has 0 spiro atoms. The van der Waals surface area contributed by atoms with Crippen LogP contribution in [0.15, 0.2) is 12.2 Å². The fourth-order valence-electron chi connectivity index (χ4n) is 2.21. The molecule has 0 aromatic heterocycles. The quantitative estimate of drug-likeness (QED) is 0.774. The van der Waals surface area contributed by atoms with E-state index in [1.54, 1.807) is 0 Å². The Bertz CT molecular complexity index is 413. The van der Waals surface area contributed by atoms with Crippen molar-refractivity contribution in [3.63, 3.8) is 0 Å². The molecule has 0 aromatic rings. The number of nitrogens with one attached hydrogen (secondary N) is 2. The maximum absolute atomic E-state index is 12.1. The second-order valence-electron chi connectivity index (χ2n) is 7.20. The van der Waals surface area contributed by atoms with E-state index in [4.69, 9.17) is 0 Å². The highest BCUT2D eigenvalue weighted by Crippen LogP contribution is 2.18. The van der Waals surface area contributed by atoms with Crippen LogP contribution in [0.25, 0.3) is 0 Å². The summed E-state index contributed by atoms with van der Waals surface area (Å²) in [6, 6.07) is 0.122. The normalized spacial score (nSPS) is 24.3. The van der Waals surface area contributed by atoms with Crippen molar-refractivity contribution in [2.24, 2.45) is 5.41 Å². The summed E-state index contributed by atoms with van der Waals surface area (Å²) in [4.78, 5) is 24.0. The van der Waals surface area contributed by atoms with Crippen LogP contribution in [0.5, 0.6) is 0 Å². The Balaban J connectivity index is 2.59. The molecule has 22 heavy (non-hydrogen) atoms. The molecule has 2 unspecified atom stereocenters. The Morgan fingerprint density at radius 3 is 2.00 bits per heavy atom. The summed E-state index contributed by atoms with van der Waals surface area (Å²) in [5.74, 6) is 0.0682. The van der Waals surface area contributed by atoms with E-state index in [0.29, 0.717) is 0 Å². The van der Waals surface area contributed by atoms with Crippen molar-refractivity contribution in [2.75, 3.05) is 0 Å². The van der Waals surface area contributed by atoms with Gasteiger partial charge in [-0.3, -0.25) is 9.59 Å². The molecule has 0 saturated carbocycles. The van der Waals surface area contributed by atoms with Crippen molar-refractivity contribution in [3.8, 4) is 0 Å². The Hall–Kier alpha value is -0.970. The SMILES string of the molecule is CC(C)SC(=O)NC1/C=C/C(NC(=O)C(C)(C)C)CCCC1.